The van der Waals surface area contributed by atoms with E-state index in [4.69, 9.17) is 10.5 Å². The first-order valence-electron chi connectivity index (χ1n) is 6.46. The van der Waals surface area contributed by atoms with Crippen LogP contribution in [0, 0.1) is 5.41 Å². The Morgan fingerprint density at radius 3 is 2.89 bits per heavy atom. The Labute approximate surface area is 108 Å². The largest absolute Gasteiger partial charge is 0.474 e. The lowest BCUT2D eigenvalue weighted by Crippen LogP contribution is -2.31. The van der Waals surface area contributed by atoms with Crippen molar-refractivity contribution < 1.29 is 4.74 Å². The number of aromatic nitrogens is 2. The molecule has 1 aliphatic heterocycles. The van der Waals surface area contributed by atoms with Crippen molar-refractivity contribution >= 4 is 5.82 Å². The molecule has 18 heavy (non-hydrogen) atoms. The first-order valence-corrected chi connectivity index (χ1v) is 6.46. The number of nitrogens with two attached hydrogens (primary N) is 1. The van der Waals surface area contributed by atoms with E-state index in [1.165, 1.54) is 0 Å². The van der Waals surface area contributed by atoms with Crippen LogP contribution in [0.15, 0.2) is 12.4 Å². The molecule has 0 spiro atoms. The maximum atomic E-state index is 5.82. The van der Waals surface area contributed by atoms with Crippen LogP contribution in [0.2, 0.25) is 0 Å². The zero-order chi connectivity index (χ0) is 13.2. The molecule has 2 rings (SSSR count). The van der Waals surface area contributed by atoms with E-state index < -0.39 is 0 Å². The summed E-state index contributed by atoms with van der Waals surface area (Å²) in [4.78, 5) is 10.9. The highest BCUT2D eigenvalue weighted by atomic mass is 16.5. The molecule has 1 aliphatic rings. The fourth-order valence-electron chi connectivity index (χ4n) is 2.17. The Balaban J connectivity index is 2.10. The Kier molecular flexibility index (Phi) is 3.71. The summed E-state index contributed by atoms with van der Waals surface area (Å²) in [5, 5.41) is 0. The summed E-state index contributed by atoms with van der Waals surface area (Å²) in [6.07, 6.45) is 4.65. The quantitative estimate of drug-likeness (QED) is 0.876. The fraction of sp³-hybridized carbons (Fsp3) is 0.692. The second kappa shape index (κ2) is 5.10. The van der Waals surface area contributed by atoms with Gasteiger partial charge in [0, 0.05) is 13.1 Å². The molecular formula is C13H22N4O. The van der Waals surface area contributed by atoms with Crippen molar-refractivity contribution in [3.63, 3.8) is 0 Å². The summed E-state index contributed by atoms with van der Waals surface area (Å²) < 4.78 is 5.57. The predicted octanol–water partition coefficient (Wildman–Crippen LogP) is 1.44. The SMILES string of the molecule is CC(C)Oc1cncc(N2CCC(C)(CN)C2)n1. The molecule has 1 aromatic heterocycles. The van der Waals surface area contributed by atoms with Crippen LogP contribution >= 0.6 is 0 Å². The van der Waals surface area contributed by atoms with Crippen LogP contribution in [0.1, 0.15) is 27.2 Å². The monoisotopic (exact) mass is 250 g/mol. The van der Waals surface area contributed by atoms with E-state index in [1.54, 1.807) is 12.4 Å². The molecule has 5 nitrogen and oxygen atoms in total. The van der Waals surface area contributed by atoms with Gasteiger partial charge in [0.05, 0.1) is 18.5 Å². The molecule has 1 atom stereocenters. The maximum absolute atomic E-state index is 5.82. The van der Waals surface area contributed by atoms with Gasteiger partial charge in [-0.1, -0.05) is 6.92 Å². The lowest BCUT2D eigenvalue weighted by Gasteiger charge is -2.23. The average Bonchev–Trinajstić information content (AvgIpc) is 2.72. The average molecular weight is 250 g/mol. The normalized spacial score (nSPS) is 23.7. The molecular weight excluding hydrogens is 228 g/mol. The lowest BCUT2D eigenvalue weighted by molar-refractivity contribution is 0.231. The van der Waals surface area contributed by atoms with Crippen molar-refractivity contribution in [2.24, 2.45) is 11.1 Å². The molecule has 1 aromatic rings. The molecule has 0 radical (unpaired) electrons. The molecule has 1 saturated heterocycles. The first-order chi connectivity index (χ1) is 8.52. The Hall–Kier alpha value is -1.36. The highest BCUT2D eigenvalue weighted by Gasteiger charge is 2.33. The van der Waals surface area contributed by atoms with E-state index >= 15 is 0 Å². The number of nitrogens with zero attached hydrogens (tertiary/aromatic N) is 3. The highest BCUT2D eigenvalue weighted by molar-refractivity contribution is 5.39. The molecule has 5 heteroatoms. The lowest BCUT2D eigenvalue weighted by atomic mass is 9.90. The number of ether oxygens (including phenoxy) is 1. The topological polar surface area (TPSA) is 64.3 Å². The van der Waals surface area contributed by atoms with Crippen LogP contribution in [0.25, 0.3) is 0 Å². The third kappa shape index (κ3) is 2.90. The van der Waals surface area contributed by atoms with E-state index in [0.29, 0.717) is 12.4 Å². The Morgan fingerprint density at radius 2 is 2.28 bits per heavy atom. The maximum Gasteiger partial charge on any atom is 0.234 e. The molecule has 0 amide bonds. The predicted molar refractivity (Wildman–Crippen MR) is 71.8 cm³/mol. The van der Waals surface area contributed by atoms with Crippen LogP contribution in [0.5, 0.6) is 5.88 Å². The van der Waals surface area contributed by atoms with Gasteiger partial charge in [0.2, 0.25) is 5.88 Å². The van der Waals surface area contributed by atoms with Gasteiger partial charge in [-0.15, -0.1) is 0 Å². The van der Waals surface area contributed by atoms with Crippen LogP contribution in [0.3, 0.4) is 0 Å². The van der Waals surface area contributed by atoms with E-state index in [0.717, 1.165) is 25.3 Å². The van der Waals surface area contributed by atoms with Gasteiger partial charge >= 0.3 is 0 Å². The minimum absolute atomic E-state index is 0.113. The van der Waals surface area contributed by atoms with E-state index in [2.05, 4.69) is 21.8 Å². The molecule has 2 heterocycles. The van der Waals surface area contributed by atoms with Crippen LogP contribution in [0.4, 0.5) is 5.82 Å². The van der Waals surface area contributed by atoms with E-state index in [1.807, 2.05) is 13.8 Å². The van der Waals surface area contributed by atoms with Crippen LogP contribution in [-0.4, -0.2) is 35.7 Å². The summed E-state index contributed by atoms with van der Waals surface area (Å²) in [5.74, 6) is 1.47. The molecule has 1 fully saturated rings. The first kappa shape index (κ1) is 13.1. The van der Waals surface area contributed by atoms with Gasteiger partial charge < -0.3 is 15.4 Å². The second-order valence-corrected chi connectivity index (χ2v) is 5.57. The summed E-state index contributed by atoms with van der Waals surface area (Å²) in [5.41, 5.74) is 6.01. The molecule has 0 aliphatic carbocycles. The van der Waals surface area contributed by atoms with Gasteiger partial charge in [0.1, 0.15) is 0 Å². The van der Waals surface area contributed by atoms with Gasteiger partial charge in [-0.3, -0.25) is 4.98 Å². The van der Waals surface area contributed by atoms with Crippen molar-refractivity contribution in [3.8, 4) is 5.88 Å². The highest BCUT2D eigenvalue weighted by Crippen LogP contribution is 2.31. The minimum Gasteiger partial charge on any atom is -0.474 e. The van der Waals surface area contributed by atoms with Crippen molar-refractivity contribution in [1.29, 1.82) is 0 Å². The van der Waals surface area contributed by atoms with Gasteiger partial charge in [-0.05, 0) is 32.2 Å². The number of anilines is 1. The van der Waals surface area contributed by atoms with E-state index in [9.17, 15) is 0 Å². The van der Waals surface area contributed by atoms with Crippen molar-refractivity contribution in [2.75, 3.05) is 24.5 Å². The van der Waals surface area contributed by atoms with Crippen molar-refractivity contribution in [3.05, 3.63) is 12.4 Å². The number of rotatable bonds is 4. The zero-order valence-electron chi connectivity index (χ0n) is 11.4. The molecule has 0 saturated carbocycles. The van der Waals surface area contributed by atoms with Crippen molar-refractivity contribution in [2.45, 2.75) is 33.3 Å². The smallest absolute Gasteiger partial charge is 0.234 e. The Bertz CT molecular complexity index is 410. The third-order valence-corrected chi connectivity index (χ3v) is 3.33. The third-order valence-electron chi connectivity index (χ3n) is 3.33. The zero-order valence-corrected chi connectivity index (χ0v) is 11.4. The molecule has 0 bridgehead atoms. The summed E-state index contributed by atoms with van der Waals surface area (Å²) in [6, 6.07) is 0. The number of hydrogen-bond donors (Lipinski definition) is 1. The molecule has 100 valence electrons. The second-order valence-electron chi connectivity index (χ2n) is 5.57. The molecule has 2 N–H and O–H groups in total. The van der Waals surface area contributed by atoms with E-state index in [-0.39, 0.29) is 11.5 Å². The standard InChI is InChI=1S/C13H22N4O/c1-10(2)18-12-7-15-6-11(16-12)17-5-4-13(3,8-14)9-17/h6-7,10H,4-5,8-9,14H2,1-3H3. The van der Waals surface area contributed by atoms with Gasteiger partial charge in [-0.2, -0.15) is 4.98 Å². The van der Waals surface area contributed by atoms with Crippen LogP contribution < -0.4 is 15.4 Å². The summed E-state index contributed by atoms with van der Waals surface area (Å²) in [6.45, 7) is 8.80. The van der Waals surface area contributed by atoms with Gasteiger partial charge in [-0.25, -0.2) is 0 Å². The van der Waals surface area contributed by atoms with Gasteiger partial charge in [0.15, 0.2) is 5.82 Å². The Morgan fingerprint density at radius 1 is 1.50 bits per heavy atom. The van der Waals surface area contributed by atoms with Crippen molar-refractivity contribution in [1.82, 2.24) is 9.97 Å². The number of hydrogen-bond acceptors (Lipinski definition) is 5. The fourth-order valence-corrected chi connectivity index (χ4v) is 2.17. The van der Waals surface area contributed by atoms with Crippen LogP contribution in [-0.2, 0) is 0 Å². The molecule has 1 unspecified atom stereocenters. The summed E-state index contributed by atoms with van der Waals surface area (Å²) in [7, 11) is 0. The molecule has 0 aromatic carbocycles. The minimum atomic E-state index is 0.113. The van der Waals surface area contributed by atoms with Gasteiger partial charge in [0.25, 0.3) is 0 Å². The summed E-state index contributed by atoms with van der Waals surface area (Å²) >= 11 is 0.